The second kappa shape index (κ2) is 8.03. The van der Waals surface area contributed by atoms with Gasteiger partial charge in [0.25, 0.3) is 5.91 Å². The standard InChI is InChI=1S/C19H24N2O3S3/c22-19(16-13-26-17-7-2-1-6-15(16)17)21-9-3-5-14(12-21)11-20-27(23,24)18-8-4-10-25-18/h4,8,10,13-14,20H,1-3,5-7,9,11-12H2/t14-/m0/s1. The summed E-state index contributed by atoms with van der Waals surface area (Å²) in [5.41, 5.74) is 2.14. The molecule has 0 radical (unpaired) electrons. The smallest absolute Gasteiger partial charge is 0.254 e. The van der Waals surface area contributed by atoms with Gasteiger partial charge in [-0.2, -0.15) is 0 Å². The fourth-order valence-electron chi connectivity index (χ4n) is 3.97. The number of likely N-dealkylation sites (tertiary alicyclic amines) is 1. The molecule has 4 rings (SSSR count). The predicted molar refractivity (Wildman–Crippen MR) is 109 cm³/mol. The van der Waals surface area contributed by atoms with Crippen molar-refractivity contribution in [3.63, 3.8) is 0 Å². The van der Waals surface area contributed by atoms with E-state index in [0.717, 1.165) is 44.2 Å². The van der Waals surface area contributed by atoms with Crippen molar-refractivity contribution in [1.29, 1.82) is 0 Å². The molecule has 2 aromatic heterocycles. The van der Waals surface area contributed by atoms with Crippen LogP contribution >= 0.6 is 22.7 Å². The number of fused-ring (bicyclic) bond motifs is 1. The van der Waals surface area contributed by atoms with Gasteiger partial charge in [-0.25, -0.2) is 13.1 Å². The zero-order valence-corrected chi connectivity index (χ0v) is 17.6. The predicted octanol–water partition coefficient (Wildman–Crippen LogP) is 3.52. The van der Waals surface area contributed by atoms with Crippen LogP contribution in [0.25, 0.3) is 0 Å². The minimum Gasteiger partial charge on any atom is -0.338 e. The van der Waals surface area contributed by atoms with Gasteiger partial charge in [0.05, 0.1) is 5.56 Å². The van der Waals surface area contributed by atoms with Crippen LogP contribution in [0.1, 0.15) is 46.5 Å². The molecule has 5 nitrogen and oxygen atoms in total. The Labute approximate surface area is 168 Å². The number of amides is 1. The molecule has 0 spiro atoms. The molecule has 0 aromatic carbocycles. The third-order valence-corrected chi connectivity index (χ3v) is 9.33. The van der Waals surface area contributed by atoms with Gasteiger partial charge in [-0.05, 0) is 61.5 Å². The fraction of sp³-hybridized carbons (Fsp3) is 0.526. The topological polar surface area (TPSA) is 66.5 Å². The number of thiophene rings is 2. The molecule has 1 saturated heterocycles. The lowest BCUT2D eigenvalue weighted by atomic mass is 9.94. The van der Waals surface area contributed by atoms with E-state index in [1.54, 1.807) is 28.8 Å². The van der Waals surface area contributed by atoms with Crippen LogP contribution < -0.4 is 4.72 Å². The first-order valence-corrected chi connectivity index (χ1v) is 12.7. The van der Waals surface area contributed by atoms with E-state index < -0.39 is 10.0 Å². The molecule has 8 heteroatoms. The summed E-state index contributed by atoms with van der Waals surface area (Å²) in [7, 11) is -3.44. The minimum atomic E-state index is -3.44. The zero-order valence-electron chi connectivity index (χ0n) is 15.1. The van der Waals surface area contributed by atoms with E-state index in [-0.39, 0.29) is 11.8 Å². The molecule has 2 aliphatic rings. The Kier molecular flexibility index (Phi) is 5.68. The first kappa shape index (κ1) is 19.1. The molecule has 146 valence electrons. The molecular weight excluding hydrogens is 400 g/mol. The summed E-state index contributed by atoms with van der Waals surface area (Å²) in [6.07, 6.45) is 6.36. The average Bonchev–Trinajstić information content (AvgIpc) is 3.36. The summed E-state index contributed by atoms with van der Waals surface area (Å²) < 4.78 is 27.7. The highest BCUT2D eigenvalue weighted by molar-refractivity contribution is 7.91. The number of rotatable bonds is 5. The molecule has 3 heterocycles. The number of nitrogens with zero attached hydrogens (tertiary/aromatic N) is 1. The Bertz CT molecular complexity index is 903. The summed E-state index contributed by atoms with van der Waals surface area (Å²) in [4.78, 5) is 16.4. The lowest BCUT2D eigenvalue weighted by Crippen LogP contribution is -2.43. The van der Waals surface area contributed by atoms with Crippen LogP contribution in [0.2, 0.25) is 0 Å². The van der Waals surface area contributed by atoms with Crippen molar-refractivity contribution in [1.82, 2.24) is 9.62 Å². The molecule has 1 aliphatic heterocycles. The minimum absolute atomic E-state index is 0.125. The summed E-state index contributed by atoms with van der Waals surface area (Å²) in [5.74, 6) is 0.284. The molecule has 1 atom stereocenters. The van der Waals surface area contributed by atoms with Gasteiger partial charge in [0.2, 0.25) is 10.0 Å². The SMILES string of the molecule is O=C(c1csc2c1CCCC2)N1CCC[C@@H](CNS(=O)(=O)c2cccs2)C1. The van der Waals surface area contributed by atoms with Crippen molar-refractivity contribution >= 4 is 38.6 Å². The van der Waals surface area contributed by atoms with Crippen molar-refractivity contribution < 1.29 is 13.2 Å². The summed E-state index contributed by atoms with van der Waals surface area (Å²) in [6, 6.07) is 3.35. The molecule has 1 amide bonds. The average molecular weight is 425 g/mol. The maximum absolute atomic E-state index is 13.1. The number of sulfonamides is 1. The maximum Gasteiger partial charge on any atom is 0.254 e. The first-order valence-electron chi connectivity index (χ1n) is 9.46. The van der Waals surface area contributed by atoms with Crippen molar-refractivity contribution in [2.24, 2.45) is 5.92 Å². The van der Waals surface area contributed by atoms with Gasteiger partial charge in [0, 0.05) is 29.9 Å². The van der Waals surface area contributed by atoms with Crippen LogP contribution in [0.4, 0.5) is 0 Å². The molecule has 1 fully saturated rings. The van der Waals surface area contributed by atoms with Crippen LogP contribution in [-0.4, -0.2) is 38.9 Å². The number of carbonyl (C=O) groups is 1. The van der Waals surface area contributed by atoms with E-state index in [0.29, 0.717) is 17.3 Å². The van der Waals surface area contributed by atoms with E-state index in [9.17, 15) is 13.2 Å². The quantitative estimate of drug-likeness (QED) is 0.799. The fourth-order valence-corrected chi connectivity index (χ4v) is 7.25. The van der Waals surface area contributed by atoms with E-state index in [1.165, 1.54) is 28.2 Å². The second-order valence-electron chi connectivity index (χ2n) is 7.30. The Balaban J connectivity index is 1.39. The number of aryl methyl sites for hydroxylation is 1. The van der Waals surface area contributed by atoms with Gasteiger partial charge >= 0.3 is 0 Å². The number of hydrogen-bond donors (Lipinski definition) is 1. The van der Waals surface area contributed by atoms with Crippen LogP contribution in [0.3, 0.4) is 0 Å². The third kappa shape index (κ3) is 4.13. The van der Waals surface area contributed by atoms with Crippen LogP contribution in [0, 0.1) is 5.92 Å². The number of piperidine rings is 1. The number of carbonyl (C=O) groups excluding carboxylic acids is 1. The highest BCUT2D eigenvalue weighted by Gasteiger charge is 2.29. The zero-order chi connectivity index (χ0) is 18.9. The Morgan fingerprint density at radius 2 is 2.07 bits per heavy atom. The van der Waals surface area contributed by atoms with Crippen molar-refractivity contribution in [3.05, 3.63) is 38.9 Å². The summed E-state index contributed by atoms with van der Waals surface area (Å²) in [5, 5.41) is 3.79. The molecule has 27 heavy (non-hydrogen) atoms. The lowest BCUT2D eigenvalue weighted by molar-refractivity contribution is 0.0675. The van der Waals surface area contributed by atoms with Gasteiger partial charge in [-0.1, -0.05) is 6.07 Å². The van der Waals surface area contributed by atoms with E-state index in [2.05, 4.69) is 4.72 Å². The molecule has 1 aliphatic carbocycles. The Morgan fingerprint density at radius 1 is 1.22 bits per heavy atom. The Hall–Kier alpha value is -1.22. The van der Waals surface area contributed by atoms with Gasteiger partial charge in [-0.15, -0.1) is 22.7 Å². The normalized spacial score (nSPS) is 20.4. The number of hydrogen-bond acceptors (Lipinski definition) is 5. The van der Waals surface area contributed by atoms with E-state index in [4.69, 9.17) is 0 Å². The van der Waals surface area contributed by atoms with Gasteiger partial charge in [0.1, 0.15) is 4.21 Å². The third-order valence-electron chi connectivity index (χ3n) is 5.42. The summed E-state index contributed by atoms with van der Waals surface area (Å²) >= 11 is 2.94. The van der Waals surface area contributed by atoms with Crippen molar-refractivity contribution in [3.8, 4) is 0 Å². The first-order chi connectivity index (χ1) is 13.0. The highest BCUT2D eigenvalue weighted by atomic mass is 32.2. The molecule has 1 N–H and O–H groups in total. The lowest BCUT2D eigenvalue weighted by Gasteiger charge is -2.33. The monoisotopic (exact) mass is 424 g/mol. The largest absolute Gasteiger partial charge is 0.338 e. The van der Waals surface area contributed by atoms with Crippen molar-refractivity contribution in [2.45, 2.75) is 42.7 Å². The van der Waals surface area contributed by atoms with Gasteiger partial charge < -0.3 is 4.90 Å². The van der Waals surface area contributed by atoms with Crippen molar-refractivity contribution in [2.75, 3.05) is 19.6 Å². The van der Waals surface area contributed by atoms with Gasteiger partial charge in [-0.3, -0.25) is 4.79 Å². The van der Waals surface area contributed by atoms with Crippen LogP contribution in [0.5, 0.6) is 0 Å². The molecule has 2 aromatic rings. The molecule has 0 unspecified atom stereocenters. The summed E-state index contributed by atoms with van der Waals surface area (Å²) in [6.45, 7) is 1.76. The van der Waals surface area contributed by atoms with Gasteiger partial charge in [0.15, 0.2) is 0 Å². The molecular formula is C19H24N2O3S3. The van der Waals surface area contributed by atoms with E-state index >= 15 is 0 Å². The highest BCUT2D eigenvalue weighted by Crippen LogP contribution is 2.31. The van der Waals surface area contributed by atoms with Crippen LogP contribution in [-0.2, 0) is 22.9 Å². The molecule has 0 bridgehead atoms. The Morgan fingerprint density at radius 3 is 2.89 bits per heavy atom. The number of nitrogens with one attached hydrogen (secondary N) is 1. The van der Waals surface area contributed by atoms with Crippen LogP contribution in [0.15, 0.2) is 27.1 Å². The maximum atomic E-state index is 13.1. The molecule has 0 saturated carbocycles. The second-order valence-corrected chi connectivity index (χ2v) is 11.2. The van der Waals surface area contributed by atoms with E-state index in [1.807, 2.05) is 10.3 Å².